The lowest BCUT2D eigenvalue weighted by molar-refractivity contribution is -0.137. The minimum atomic E-state index is -4.06. The third-order valence-corrected chi connectivity index (χ3v) is 5.43. The van der Waals surface area contributed by atoms with Crippen molar-refractivity contribution < 1.29 is 27.8 Å². The number of anilines is 1. The fourth-order valence-electron chi connectivity index (χ4n) is 2.64. The summed E-state index contributed by atoms with van der Waals surface area (Å²) in [5.74, 6) is -0.479. The molecule has 2 N–H and O–H groups in total. The monoisotopic (exact) mass is 444 g/mol. The number of hydrogen-bond donors (Lipinski definition) is 2. The standard InChI is InChI=1S/C20H20N4O6S/c1-13-12-22-19(20(23-13)29-2)24-31(27,28)16-4-3-10-21-18(16)14-5-7-15(8-6-14)30-11-9-17(25)26/h3-8,10,12H,9,11H2,1-2H3,(H,22,24)(H,25,26). The van der Waals surface area contributed by atoms with E-state index in [0.29, 0.717) is 17.0 Å². The number of hydrogen-bond acceptors (Lipinski definition) is 8. The molecule has 0 bridgehead atoms. The zero-order valence-corrected chi connectivity index (χ0v) is 17.6. The maximum Gasteiger partial charge on any atom is 0.306 e. The average molecular weight is 444 g/mol. The van der Waals surface area contributed by atoms with Crippen molar-refractivity contribution in [1.82, 2.24) is 15.0 Å². The number of rotatable bonds is 9. The first-order chi connectivity index (χ1) is 14.8. The highest BCUT2D eigenvalue weighted by Gasteiger charge is 2.23. The van der Waals surface area contributed by atoms with Crippen molar-refractivity contribution in [3.05, 3.63) is 54.5 Å². The van der Waals surface area contributed by atoms with Gasteiger partial charge >= 0.3 is 5.97 Å². The van der Waals surface area contributed by atoms with Crippen LogP contribution in [0.15, 0.2) is 53.7 Å². The average Bonchev–Trinajstić information content (AvgIpc) is 2.75. The SMILES string of the molecule is COc1nc(C)cnc1NS(=O)(=O)c1cccnc1-c1ccc(OCCC(=O)O)cc1. The number of methoxy groups -OCH3 is 1. The Morgan fingerprint density at radius 3 is 2.58 bits per heavy atom. The van der Waals surface area contributed by atoms with Gasteiger partial charge in [0, 0.05) is 11.8 Å². The first-order valence-corrected chi connectivity index (χ1v) is 10.6. The zero-order chi connectivity index (χ0) is 22.4. The van der Waals surface area contributed by atoms with Gasteiger partial charge in [0.25, 0.3) is 15.9 Å². The van der Waals surface area contributed by atoms with Crippen LogP contribution >= 0.6 is 0 Å². The van der Waals surface area contributed by atoms with E-state index in [1.165, 1.54) is 31.6 Å². The minimum absolute atomic E-state index is 0.0290. The van der Waals surface area contributed by atoms with Crippen LogP contribution in [0.4, 0.5) is 5.82 Å². The maximum absolute atomic E-state index is 13.1. The smallest absolute Gasteiger partial charge is 0.306 e. The molecule has 0 saturated heterocycles. The molecule has 0 saturated carbocycles. The van der Waals surface area contributed by atoms with Crippen molar-refractivity contribution >= 4 is 21.8 Å². The van der Waals surface area contributed by atoms with Gasteiger partial charge < -0.3 is 14.6 Å². The van der Waals surface area contributed by atoms with Crippen molar-refractivity contribution in [2.24, 2.45) is 0 Å². The first kappa shape index (κ1) is 22.0. The number of ether oxygens (including phenoxy) is 2. The van der Waals surface area contributed by atoms with E-state index in [-0.39, 0.29) is 35.3 Å². The van der Waals surface area contributed by atoms with Crippen LogP contribution in [0.2, 0.25) is 0 Å². The number of sulfonamides is 1. The molecule has 31 heavy (non-hydrogen) atoms. The molecule has 0 fully saturated rings. The van der Waals surface area contributed by atoms with E-state index in [2.05, 4.69) is 19.7 Å². The van der Waals surface area contributed by atoms with Crippen molar-refractivity contribution in [3.63, 3.8) is 0 Å². The Bertz CT molecular complexity index is 1180. The molecule has 1 aromatic carbocycles. The van der Waals surface area contributed by atoms with Crippen LogP contribution in [0, 0.1) is 6.92 Å². The van der Waals surface area contributed by atoms with Gasteiger partial charge in [0.05, 0.1) is 37.7 Å². The third kappa shape index (κ3) is 5.45. The number of aliphatic carboxylic acids is 1. The number of carboxylic acids is 1. The summed E-state index contributed by atoms with van der Waals surface area (Å²) in [7, 11) is -2.69. The van der Waals surface area contributed by atoms with Crippen LogP contribution in [0.1, 0.15) is 12.1 Å². The summed E-state index contributed by atoms with van der Waals surface area (Å²) in [6, 6.07) is 9.46. The molecule has 0 radical (unpaired) electrons. The van der Waals surface area contributed by atoms with E-state index in [1.54, 1.807) is 31.2 Å². The second-order valence-electron chi connectivity index (χ2n) is 6.34. The molecule has 3 rings (SSSR count). The Hall–Kier alpha value is -3.73. The molecule has 10 nitrogen and oxygen atoms in total. The fourth-order valence-corrected chi connectivity index (χ4v) is 3.83. The summed E-state index contributed by atoms with van der Waals surface area (Å²) in [6.45, 7) is 1.74. The topological polar surface area (TPSA) is 141 Å². The predicted octanol–water partition coefficient (Wildman–Crippen LogP) is 2.51. The highest BCUT2D eigenvalue weighted by molar-refractivity contribution is 7.92. The lowest BCUT2D eigenvalue weighted by Gasteiger charge is -2.13. The van der Waals surface area contributed by atoms with Crippen molar-refractivity contribution in [1.29, 1.82) is 0 Å². The molecular weight excluding hydrogens is 424 g/mol. The van der Waals surface area contributed by atoms with E-state index < -0.39 is 16.0 Å². The van der Waals surface area contributed by atoms with Gasteiger partial charge in [0.1, 0.15) is 10.6 Å². The van der Waals surface area contributed by atoms with Gasteiger partial charge in [-0.25, -0.2) is 18.4 Å². The largest absolute Gasteiger partial charge is 0.493 e. The third-order valence-electron chi connectivity index (χ3n) is 4.06. The molecule has 0 aliphatic carbocycles. The van der Waals surface area contributed by atoms with E-state index in [0.717, 1.165) is 0 Å². The summed E-state index contributed by atoms with van der Waals surface area (Å²) < 4.78 is 39.0. The normalized spacial score (nSPS) is 11.0. The lowest BCUT2D eigenvalue weighted by Crippen LogP contribution is -2.16. The molecule has 3 aromatic rings. The number of nitrogens with zero attached hydrogens (tertiary/aromatic N) is 3. The van der Waals surface area contributed by atoms with Crippen molar-refractivity contribution in [2.45, 2.75) is 18.2 Å². The van der Waals surface area contributed by atoms with Crippen LogP contribution < -0.4 is 14.2 Å². The second-order valence-corrected chi connectivity index (χ2v) is 7.99. The predicted molar refractivity (Wildman–Crippen MR) is 112 cm³/mol. The molecule has 0 spiro atoms. The summed E-state index contributed by atoms with van der Waals surface area (Å²) in [5, 5.41) is 8.68. The van der Waals surface area contributed by atoms with E-state index in [4.69, 9.17) is 14.6 Å². The summed E-state index contributed by atoms with van der Waals surface area (Å²) in [6.07, 6.45) is 2.78. The fraction of sp³-hybridized carbons (Fsp3) is 0.200. The van der Waals surface area contributed by atoms with E-state index in [9.17, 15) is 13.2 Å². The summed E-state index contributed by atoms with van der Waals surface area (Å²) >= 11 is 0. The van der Waals surface area contributed by atoms with Gasteiger partial charge in [0.2, 0.25) is 5.82 Å². The molecule has 2 aromatic heterocycles. The quantitative estimate of drug-likeness (QED) is 0.509. The Morgan fingerprint density at radius 2 is 1.90 bits per heavy atom. The number of pyridine rings is 1. The van der Waals surface area contributed by atoms with E-state index in [1.807, 2.05) is 0 Å². The first-order valence-electron chi connectivity index (χ1n) is 9.10. The lowest BCUT2D eigenvalue weighted by atomic mass is 10.1. The molecule has 0 unspecified atom stereocenters. The van der Waals surface area contributed by atoms with E-state index >= 15 is 0 Å². The Balaban J connectivity index is 1.88. The van der Waals surface area contributed by atoms with Gasteiger partial charge in [0.15, 0.2) is 0 Å². The van der Waals surface area contributed by atoms with Gasteiger partial charge in [-0.3, -0.25) is 14.5 Å². The van der Waals surface area contributed by atoms with Gasteiger partial charge in [-0.1, -0.05) is 0 Å². The molecule has 2 heterocycles. The van der Waals surface area contributed by atoms with Gasteiger partial charge in [-0.2, -0.15) is 0 Å². The number of carboxylic acid groups (broad SMARTS) is 1. The number of nitrogens with one attached hydrogen (secondary N) is 1. The van der Waals surface area contributed by atoms with Crippen LogP contribution in [0.25, 0.3) is 11.3 Å². The summed E-state index contributed by atoms with van der Waals surface area (Å²) in [5.41, 5.74) is 1.34. The number of benzene rings is 1. The molecule has 0 aliphatic heterocycles. The second kappa shape index (κ2) is 9.39. The van der Waals surface area contributed by atoms with Crippen LogP contribution in [0.3, 0.4) is 0 Å². The van der Waals surface area contributed by atoms with Gasteiger partial charge in [-0.05, 0) is 43.3 Å². The minimum Gasteiger partial charge on any atom is -0.493 e. The number of aromatic nitrogens is 3. The van der Waals surface area contributed by atoms with Crippen molar-refractivity contribution in [3.8, 4) is 22.9 Å². The van der Waals surface area contributed by atoms with Crippen LogP contribution in [0.5, 0.6) is 11.6 Å². The summed E-state index contributed by atoms with van der Waals surface area (Å²) in [4.78, 5) is 22.9. The highest BCUT2D eigenvalue weighted by Crippen LogP contribution is 2.29. The highest BCUT2D eigenvalue weighted by atomic mass is 32.2. The zero-order valence-electron chi connectivity index (χ0n) is 16.8. The van der Waals surface area contributed by atoms with Crippen molar-refractivity contribution in [2.75, 3.05) is 18.4 Å². The molecule has 0 aliphatic rings. The van der Waals surface area contributed by atoms with Crippen LogP contribution in [-0.2, 0) is 14.8 Å². The Kier molecular flexibility index (Phi) is 6.65. The number of aryl methyl sites for hydroxylation is 1. The molecule has 11 heteroatoms. The Morgan fingerprint density at radius 1 is 1.16 bits per heavy atom. The molecular formula is C20H20N4O6S. The maximum atomic E-state index is 13.1. The molecule has 0 amide bonds. The Labute approximate surface area is 179 Å². The van der Waals surface area contributed by atoms with Crippen LogP contribution in [-0.4, -0.2) is 48.2 Å². The molecule has 162 valence electrons. The molecule has 0 atom stereocenters. The number of carbonyl (C=O) groups is 1. The van der Waals surface area contributed by atoms with Gasteiger partial charge in [-0.15, -0.1) is 0 Å².